The molecule has 0 saturated carbocycles. The molecule has 0 radical (unpaired) electrons. The summed E-state index contributed by atoms with van der Waals surface area (Å²) in [6.07, 6.45) is 0. The summed E-state index contributed by atoms with van der Waals surface area (Å²) in [5.41, 5.74) is 1.61. The fourth-order valence-corrected chi connectivity index (χ4v) is 5.01. The van der Waals surface area contributed by atoms with Crippen LogP contribution in [-0.4, -0.2) is 26.4 Å². The van der Waals surface area contributed by atoms with Crippen LogP contribution in [0.15, 0.2) is 77.7 Å². The number of para-hydroxylation sites is 1. The van der Waals surface area contributed by atoms with Crippen LogP contribution in [0.5, 0.6) is 5.75 Å². The quantitative estimate of drug-likeness (QED) is 0.465. The molecule has 0 saturated heterocycles. The second kappa shape index (κ2) is 8.13. The summed E-state index contributed by atoms with van der Waals surface area (Å²) < 4.78 is 33.5. The Morgan fingerprint density at radius 3 is 2.50 bits per heavy atom. The minimum atomic E-state index is -3.72. The molecule has 0 aliphatic carbocycles. The molecule has 0 spiro atoms. The fourth-order valence-electron chi connectivity index (χ4n) is 2.85. The lowest BCUT2D eigenvalue weighted by molar-refractivity contribution is 0.102. The number of thiazole rings is 1. The van der Waals surface area contributed by atoms with Crippen molar-refractivity contribution in [1.29, 1.82) is 0 Å². The first-order valence-electron chi connectivity index (χ1n) is 8.89. The van der Waals surface area contributed by atoms with Crippen molar-refractivity contribution < 1.29 is 17.9 Å². The molecule has 1 heterocycles. The standard InChI is InChI=1S/C21H17N3O4S2/c1-28-18-10-6-5-9-16(18)20(25)22-14-11-12-17-19(13-14)29-21(23-17)24-30(26,27)15-7-3-2-4-8-15/h2-13H,1H3,(H,22,25)(H,23,24). The van der Waals surface area contributed by atoms with E-state index in [-0.39, 0.29) is 15.9 Å². The molecule has 0 aliphatic rings. The largest absolute Gasteiger partial charge is 0.496 e. The number of benzene rings is 3. The van der Waals surface area contributed by atoms with Gasteiger partial charge < -0.3 is 10.1 Å². The predicted octanol–water partition coefficient (Wildman–Crippen LogP) is 4.36. The third kappa shape index (κ3) is 4.12. The zero-order chi connectivity index (χ0) is 21.1. The normalized spacial score (nSPS) is 11.2. The zero-order valence-corrected chi connectivity index (χ0v) is 17.5. The highest BCUT2D eigenvalue weighted by Crippen LogP contribution is 2.30. The number of ether oxygens (including phenoxy) is 1. The first kappa shape index (κ1) is 19.9. The van der Waals surface area contributed by atoms with Gasteiger partial charge in [-0.2, -0.15) is 0 Å². The van der Waals surface area contributed by atoms with Crippen LogP contribution in [0.2, 0.25) is 0 Å². The molecule has 30 heavy (non-hydrogen) atoms. The zero-order valence-electron chi connectivity index (χ0n) is 15.8. The highest BCUT2D eigenvalue weighted by molar-refractivity contribution is 7.93. The van der Waals surface area contributed by atoms with E-state index in [0.29, 0.717) is 22.5 Å². The van der Waals surface area contributed by atoms with Gasteiger partial charge >= 0.3 is 0 Å². The summed E-state index contributed by atoms with van der Waals surface area (Å²) in [5, 5.41) is 3.08. The van der Waals surface area contributed by atoms with E-state index in [2.05, 4.69) is 15.0 Å². The summed E-state index contributed by atoms with van der Waals surface area (Å²) in [6.45, 7) is 0. The number of aromatic nitrogens is 1. The predicted molar refractivity (Wildman–Crippen MR) is 118 cm³/mol. The minimum Gasteiger partial charge on any atom is -0.496 e. The Balaban J connectivity index is 1.56. The van der Waals surface area contributed by atoms with Gasteiger partial charge in [0.15, 0.2) is 5.13 Å². The van der Waals surface area contributed by atoms with E-state index in [1.54, 1.807) is 60.7 Å². The van der Waals surface area contributed by atoms with Crippen molar-refractivity contribution in [2.24, 2.45) is 0 Å². The molecule has 9 heteroatoms. The number of hydrogen-bond donors (Lipinski definition) is 2. The number of amides is 1. The number of rotatable bonds is 6. The van der Waals surface area contributed by atoms with Crippen LogP contribution in [0.25, 0.3) is 10.2 Å². The van der Waals surface area contributed by atoms with E-state index < -0.39 is 10.0 Å². The van der Waals surface area contributed by atoms with Crippen molar-refractivity contribution in [2.45, 2.75) is 4.90 Å². The number of anilines is 2. The van der Waals surface area contributed by atoms with Gasteiger partial charge in [-0.1, -0.05) is 41.7 Å². The summed E-state index contributed by atoms with van der Waals surface area (Å²) in [5.74, 6) is 0.174. The van der Waals surface area contributed by atoms with Gasteiger partial charge in [-0.15, -0.1) is 0 Å². The van der Waals surface area contributed by atoms with E-state index in [1.807, 2.05) is 0 Å². The average Bonchev–Trinajstić information content (AvgIpc) is 3.15. The van der Waals surface area contributed by atoms with Gasteiger partial charge in [0, 0.05) is 5.69 Å². The highest BCUT2D eigenvalue weighted by Gasteiger charge is 2.17. The Morgan fingerprint density at radius 2 is 1.73 bits per heavy atom. The summed E-state index contributed by atoms with van der Waals surface area (Å²) in [6, 6.07) is 20.2. The van der Waals surface area contributed by atoms with Crippen LogP contribution >= 0.6 is 11.3 Å². The number of fused-ring (bicyclic) bond motifs is 1. The van der Waals surface area contributed by atoms with Crippen LogP contribution in [0.4, 0.5) is 10.8 Å². The van der Waals surface area contributed by atoms with Crippen molar-refractivity contribution in [1.82, 2.24) is 4.98 Å². The van der Waals surface area contributed by atoms with Crippen molar-refractivity contribution in [2.75, 3.05) is 17.1 Å². The van der Waals surface area contributed by atoms with Gasteiger partial charge in [0.1, 0.15) is 5.75 Å². The molecule has 0 fully saturated rings. The summed E-state index contributed by atoms with van der Waals surface area (Å²) in [7, 11) is -2.21. The first-order valence-corrected chi connectivity index (χ1v) is 11.2. The number of carbonyl (C=O) groups excluding carboxylic acids is 1. The van der Waals surface area contributed by atoms with Crippen LogP contribution in [0, 0.1) is 0 Å². The van der Waals surface area contributed by atoms with Gasteiger partial charge in [0.05, 0.1) is 27.8 Å². The first-order chi connectivity index (χ1) is 14.5. The molecule has 0 unspecified atom stereocenters. The third-order valence-electron chi connectivity index (χ3n) is 4.27. The molecular formula is C21H17N3O4S2. The van der Waals surface area contributed by atoms with Crippen molar-refractivity contribution in [3.8, 4) is 5.75 Å². The Kier molecular flexibility index (Phi) is 5.39. The molecule has 0 bridgehead atoms. The summed E-state index contributed by atoms with van der Waals surface area (Å²) >= 11 is 1.19. The molecule has 7 nitrogen and oxygen atoms in total. The molecule has 1 amide bonds. The molecule has 4 aromatic rings. The number of sulfonamides is 1. The maximum Gasteiger partial charge on any atom is 0.263 e. The van der Waals surface area contributed by atoms with Crippen molar-refractivity contribution in [3.05, 3.63) is 78.4 Å². The molecule has 1 aromatic heterocycles. The SMILES string of the molecule is COc1ccccc1C(=O)Nc1ccc2nc(NS(=O)(=O)c3ccccc3)sc2c1. The maximum atomic E-state index is 12.6. The minimum absolute atomic E-state index is 0.161. The molecular weight excluding hydrogens is 422 g/mol. The molecule has 2 N–H and O–H groups in total. The average molecular weight is 440 g/mol. The molecule has 3 aromatic carbocycles. The van der Waals surface area contributed by atoms with E-state index in [0.717, 1.165) is 4.70 Å². The van der Waals surface area contributed by atoms with Crippen LogP contribution < -0.4 is 14.8 Å². The second-order valence-corrected chi connectivity index (χ2v) is 8.99. The number of nitrogens with zero attached hydrogens (tertiary/aromatic N) is 1. The lowest BCUT2D eigenvalue weighted by atomic mass is 10.2. The Bertz CT molecular complexity index is 1320. The monoisotopic (exact) mass is 439 g/mol. The van der Waals surface area contributed by atoms with Crippen LogP contribution in [0.3, 0.4) is 0 Å². The second-order valence-electron chi connectivity index (χ2n) is 6.27. The highest BCUT2D eigenvalue weighted by atomic mass is 32.2. The van der Waals surface area contributed by atoms with E-state index in [9.17, 15) is 13.2 Å². The smallest absolute Gasteiger partial charge is 0.263 e. The number of methoxy groups -OCH3 is 1. The third-order valence-corrected chi connectivity index (χ3v) is 6.69. The molecule has 4 rings (SSSR count). The maximum absolute atomic E-state index is 12.6. The van der Waals surface area contributed by atoms with E-state index in [4.69, 9.17) is 4.74 Å². The van der Waals surface area contributed by atoms with E-state index in [1.165, 1.54) is 30.6 Å². The molecule has 152 valence electrons. The Labute approximate surface area is 177 Å². The number of nitrogens with one attached hydrogen (secondary N) is 2. The fraction of sp³-hybridized carbons (Fsp3) is 0.0476. The van der Waals surface area contributed by atoms with Gasteiger partial charge in [0.25, 0.3) is 15.9 Å². The van der Waals surface area contributed by atoms with Gasteiger partial charge in [-0.3, -0.25) is 9.52 Å². The lowest BCUT2D eigenvalue weighted by Crippen LogP contribution is -2.12. The molecule has 0 atom stereocenters. The van der Waals surface area contributed by atoms with Gasteiger partial charge in [-0.05, 0) is 42.5 Å². The number of hydrogen-bond acceptors (Lipinski definition) is 6. The molecule has 0 aliphatic heterocycles. The van der Waals surface area contributed by atoms with Crippen molar-refractivity contribution in [3.63, 3.8) is 0 Å². The van der Waals surface area contributed by atoms with E-state index >= 15 is 0 Å². The van der Waals surface area contributed by atoms with Gasteiger partial charge in [0.2, 0.25) is 0 Å². The Hall–Kier alpha value is -3.43. The van der Waals surface area contributed by atoms with Gasteiger partial charge in [-0.25, -0.2) is 13.4 Å². The topological polar surface area (TPSA) is 97.4 Å². The lowest BCUT2D eigenvalue weighted by Gasteiger charge is -2.09. The summed E-state index contributed by atoms with van der Waals surface area (Å²) in [4.78, 5) is 17.1. The van der Waals surface area contributed by atoms with Crippen LogP contribution in [0.1, 0.15) is 10.4 Å². The van der Waals surface area contributed by atoms with Crippen LogP contribution in [-0.2, 0) is 10.0 Å². The number of carbonyl (C=O) groups is 1. The van der Waals surface area contributed by atoms with Crippen molar-refractivity contribution >= 4 is 48.3 Å². The Morgan fingerprint density at radius 1 is 1.00 bits per heavy atom.